The summed E-state index contributed by atoms with van der Waals surface area (Å²) in [5, 5.41) is 5.64. The summed E-state index contributed by atoms with van der Waals surface area (Å²) < 4.78 is 5.23. The van der Waals surface area contributed by atoms with Crippen molar-refractivity contribution < 1.29 is 9.53 Å². The van der Waals surface area contributed by atoms with Crippen molar-refractivity contribution in [2.45, 2.75) is 13.3 Å². The van der Waals surface area contributed by atoms with Crippen LogP contribution < -0.4 is 10.1 Å². The Bertz CT molecular complexity index is 841. The minimum Gasteiger partial charge on any atom is -0.497 e. The fraction of sp³-hybridized carbons (Fsp3) is 0.158. The lowest BCUT2D eigenvalue weighted by Gasteiger charge is -2.04. The molecule has 122 valence electrons. The van der Waals surface area contributed by atoms with E-state index in [1.165, 1.54) is 11.3 Å². The molecule has 0 saturated heterocycles. The van der Waals surface area contributed by atoms with Gasteiger partial charge in [0, 0.05) is 16.6 Å². The van der Waals surface area contributed by atoms with E-state index < -0.39 is 0 Å². The van der Waals surface area contributed by atoms with Crippen molar-refractivity contribution in [1.82, 2.24) is 4.98 Å². The Balaban J connectivity index is 1.67. The number of nitrogens with one attached hydrogen (secondary N) is 1. The maximum Gasteiger partial charge on any atom is 0.231 e. The zero-order valence-electron chi connectivity index (χ0n) is 13.6. The molecule has 0 unspecified atom stereocenters. The second-order valence-corrected chi connectivity index (χ2v) is 6.39. The fourth-order valence-corrected chi connectivity index (χ4v) is 3.09. The van der Waals surface area contributed by atoms with Gasteiger partial charge < -0.3 is 10.1 Å². The number of hydrogen-bond donors (Lipinski definition) is 1. The lowest BCUT2D eigenvalue weighted by Crippen LogP contribution is -2.14. The number of hydrogen-bond acceptors (Lipinski definition) is 4. The van der Waals surface area contributed by atoms with Crippen LogP contribution in [0.25, 0.3) is 11.3 Å². The minimum atomic E-state index is -0.0644. The van der Waals surface area contributed by atoms with Gasteiger partial charge in [0.1, 0.15) is 10.8 Å². The number of nitrogens with zero attached hydrogens (tertiary/aromatic N) is 1. The zero-order chi connectivity index (χ0) is 16.9. The van der Waals surface area contributed by atoms with Crippen LogP contribution in [0.1, 0.15) is 10.6 Å². The highest BCUT2D eigenvalue weighted by Crippen LogP contribution is 2.25. The van der Waals surface area contributed by atoms with Crippen molar-refractivity contribution in [3.05, 3.63) is 64.5 Å². The molecule has 0 radical (unpaired) electrons. The van der Waals surface area contributed by atoms with Crippen LogP contribution in [0.4, 0.5) is 5.69 Å². The topological polar surface area (TPSA) is 51.2 Å². The number of amides is 1. The summed E-state index contributed by atoms with van der Waals surface area (Å²) in [4.78, 5) is 16.7. The average molecular weight is 338 g/mol. The summed E-state index contributed by atoms with van der Waals surface area (Å²) >= 11 is 1.49. The molecule has 0 aliphatic heterocycles. The molecule has 0 saturated carbocycles. The predicted molar refractivity (Wildman–Crippen MR) is 97.6 cm³/mol. The highest BCUT2D eigenvalue weighted by Gasteiger charge is 2.10. The van der Waals surface area contributed by atoms with Crippen LogP contribution in [0.3, 0.4) is 0 Å². The Morgan fingerprint density at radius 1 is 1.21 bits per heavy atom. The van der Waals surface area contributed by atoms with Gasteiger partial charge in [0.2, 0.25) is 5.91 Å². The maximum absolute atomic E-state index is 12.1. The van der Waals surface area contributed by atoms with Gasteiger partial charge in [0.15, 0.2) is 0 Å². The second kappa shape index (κ2) is 7.27. The molecular formula is C19H18N2O2S. The number of benzene rings is 2. The van der Waals surface area contributed by atoms with E-state index in [-0.39, 0.29) is 12.3 Å². The van der Waals surface area contributed by atoms with Crippen LogP contribution in [0, 0.1) is 6.92 Å². The molecule has 1 heterocycles. The number of thiazole rings is 1. The fourth-order valence-electron chi connectivity index (χ4n) is 2.29. The number of carbonyl (C=O) groups is 1. The van der Waals surface area contributed by atoms with E-state index in [0.29, 0.717) is 0 Å². The predicted octanol–water partition coefficient (Wildman–Crippen LogP) is 4.31. The smallest absolute Gasteiger partial charge is 0.231 e. The van der Waals surface area contributed by atoms with Crippen LogP contribution in [0.5, 0.6) is 5.75 Å². The molecule has 4 nitrogen and oxygen atoms in total. The van der Waals surface area contributed by atoms with Crippen LogP contribution in [0.15, 0.2) is 53.9 Å². The summed E-state index contributed by atoms with van der Waals surface area (Å²) in [5.41, 5.74) is 3.80. The third-order valence-electron chi connectivity index (χ3n) is 3.56. The first-order valence-corrected chi connectivity index (χ1v) is 8.47. The van der Waals surface area contributed by atoms with E-state index in [4.69, 9.17) is 4.74 Å². The van der Waals surface area contributed by atoms with Crippen LogP contribution in [-0.4, -0.2) is 18.0 Å². The number of aryl methyl sites for hydroxylation is 1. The SMILES string of the molecule is COc1cccc(-c2csc(CC(=O)Nc3ccc(C)cc3)n2)c1. The first kappa shape index (κ1) is 16.2. The highest BCUT2D eigenvalue weighted by molar-refractivity contribution is 7.10. The van der Waals surface area contributed by atoms with Gasteiger partial charge in [0.05, 0.1) is 19.2 Å². The number of methoxy groups -OCH3 is 1. The number of anilines is 1. The van der Waals surface area contributed by atoms with E-state index >= 15 is 0 Å². The van der Waals surface area contributed by atoms with Crippen molar-refractivity contribution in [1.29, 1.82) is 0 Å². The Morgan fingerprint density at radius 3 is 2.75 bits per heavy atom. The third-order valence-corrected chi connectivity index (χ3v) is 4.41. The number of aromatic nitrogens is 1. The van der Waals surface area contributed by atoms with Gasteiger partial charge in [-0.15, -0.1) is 11.3 Å². The Morgan fingerprint density at radius 2 is 2.00 bits per heavy atom. The van der Waals surface area contributed by atoms with Gasteiger partial charge in [-0.2, -0.15) is 0 Å². The van der Waals surface area contributed by atoms with Crippen LogP contribution >= 0.6 is 11.3 Å². The van der Waals surface area contributed by atoms with Gasteiger partial charge in [-0.1, -0.05) is 29.8 Å². The van der Waals surface area contributed by atoms with E-state index in [1.54, 1.807) is 7.11 Å². The maximum atomic E-state index is 12.1. The molecule has 0 aliphatic rings. The number of rotatable bonds is 5. The van der Waals surface area contributed by atoms with E-state index in [9.17, 15) is 4.79 Å². The van der Waals surface area contributed by atoms with Crippen LogP contribution in [-0.2, 0) is 11.2 Å². The second-order valence-electron chi connectivity index (χ2n) is 5.45. The molecule has 0 spiro atoms. The molecule has 0 bridgehead atoms. The van der Waals surface area contributed by atoms with Gasteiger partial charge in [-0.05, 0) is 31.2 Å². The first-order valence-electron chi connectivity index (χ1n) is 7.59. The van der Waals surface area contributed by atoms with Crippen molar-refractivity contribution in [2.75, 3.05) is 12.4 Å². The first-order chi connectivity index (χ1) is 11.6. The zero-order valence-corrected chi connectivity index (χ0v) is 14.4. The number of ether oxygens (including phenoxy) is 1. The molecule has 3 aromatic rings. The van der Waals surface area contributed by atoms with Crippen molar-refractivity contribution in [3.8, 4) is 17.0 Å². The normalized spacial score (nSPS) is 10.4. The van der Waals surface area contributed by atoms with E-state index in [2.05, 4.69) is 10.3 Å². The molecule has 24 heavy (non-hydrogen) atoms. The highest BCUT2D eigenvalue weighted by atomic mass is 32.1. The standard InChI is InChI=1S/C19H18N2O2S/c1-13-6-8-15(9-7-13)20-18(22)11-19-21-17(12-24-19)14-4-3-5-16(10-14)23-2/h3-10,12H,11H2,1-2H3,(H,20,22). The Hall–Kier alpha value is -2.66. The molecule has 2 aromatic carbocycles. The molecule has 3 rings (SSSR count). The van der Waals surface area contributed by atoms with E-state index in [1.807, 2.05) is 60.8 Å². The third kappa shape index (κ3) is 4.00. The number of carbonyl (C=O) groups excluding carboxylic acids is 1. The lowest BCUT2D eigenvalue weighted by molar-refractivity contribution is -0.115. The van der Waals surface area contributed by atoms with Gasteiger partial charge in [0.25, 0.3) is 0 Å². The molecule has 1 amide bonds. The summed E-state index contributed by atoms with van der Waals surface area (Å²) in [6.07, 6.45) is 0.266. The average Bonchev–Trinajstić information content (AvgIpc) is 3.05. The molecule has 0 atom stereocenters. The van der Waals surface area contributed by atoms with Gasteiger partial charge >= 0.3 is 0 Å². The molecule has 1 aromatic heterocycles. The molecule has 0 fully saturated rings. The van der Waals surface area contributed by atoms with Crippen LogP contribution in [0.2, 0.25) is 0 Å². The molecular weight excluding hydrogens is 320 g/mol. The summed E-state index contributed by atoms with van der Waals surface area (Å²) in [5.74, 6) is 0.726. The largest absolute Gasteiger partial charge is 0.497 e. The summed E-state index contributed by atoms with van der Waals surface area (Å²) in [7, 11) is 1.64. The molecule has 0 aliphatic carbocycles. The minimum absolute atomic E-state index is 0.0644. The Kier molecular flexibility index (Phi) is 4.91. The Labute approximate surface area is 145 Å². The summed E-state index contributed by atoms with van der Waals surface area (Å²) in [6.45, 7) is 2.02. The van der Waals surface area contributed by atoms with Gasteiger partial charge in [-0.3, -0.25) is 4.79 Å². The molecule has 1 N–H and O–H groups in total. The van der Waals surface area contributed by atoms with Crippen molar-refractivity contribution in [2.24, 2.45) is 0 Å². The monoisotopic (exact) mass is 338 g/mol. The van der Waals surface area contributed by atoms with Crippen molar-refractivity contribution >= 4 is 22.9 Å². The quantitative estimate of drug-likeness (QED) is 0.754. The molecule has 5 heteroatoms. The lowest BCUT2D eigenvalue weighted by atomic mass is 10.1. The van der Waals surface area contributed by atoms with Crippen molar-refractivity contribution in [3.63, 3.8) is 0 Å². The van der Waals surface area contributed by atoms with Gasteiger partial charge in [-0.25, -0.2) is 4.98 Å². The summed E-state index contributed by atoms with van der Waals surface area (Å²) in [6, 6.07) is 15.5. The van der Waals surface area contributed by atoms with E-state index in [0.717, 1.165) is 33.3 Å².